The molecule has 0 saturated heterocycles. The van der Waals surface area contributed by atoms with Crippen LogP contribution in [0.4, 0.5) is 11.4 Å². The molecule has 2 aromatic heterocycles. The molecule has 0 aliphatic rings. The van der Waals surface area contributed by atoms with E-state index in [1.165, 1.54) is 0 Å². The van der Waals surface area contributed by atoms with Gasteiger partial charge in [-0.15, -0.1) is 0 Å². The van der Waals surface area contributed by atoms with E-state index in [2.05, 4.69) is 20.6 Å². The molecule has 138 valence electrons. The van der Waals surface area contributed by atoms with E-state index in [9.17, 15) is 4.79 Å². The highest BCUT2D eigenvalue weighted by atomic mass is 16.5. The minimum atomic E-state index is -0.234. The Bertz CT molecular complexity index is 897. The van der Waals surface area contributed by atoms with E-state index < -0.39 is 0 Å². The van der Waals surface area contributed by atoms with E-state index in [-0.39, 0.29) is 12.0 Å². The Morgan fingerprint density at radius 3 is 2.63 bits per heavy atom. The van der Waals surface area contributed by atoms with Crippen molar-refractivity contribution in [2.45, 2.75) is 26.5 Å². The summed E-state index contributed by atoms with van der Waals surface area (Å²) in [4.78, 5) is 20.5. The number of hydrogen-bond donors (Lipinski definition) is 2. The smallest absolute Gasteiger partial charge is 0.270 e. The van der Waals surface area contributed by atoms with E-state index in [0.29, 0.717) is 12.2 Å². The summed E-state index contributed by atoms with van der Waals surface area (Å²) in [5.74, 6) is 0.523. The fraction of sp³-hybridized carbons (Fsp3) is 0.190. The number of benzene rings is 1. The number of amides is 1. The van der Waals surface area contributed by atoms with Crippen LogP contribution in [0, 0.1) is 0 Å². The number of aromatic nitrogens is 2. The van der Waals surface area contributed by atoms with Crippen molar-refractivity contribution in [3.8, 4) is 5.75 Å². The van der Waals surface area contributed by atoms with Gasteiger partial charge < -0.3 is 15.4 Å². The third kappa shape index (κ3) is 5.28. The van der Waals surface area contributed by atoms with Gasteiger partial charge in [0.25, 0.3) is 5.91 Å². The molecule has 6 heteroatoms. The standard InChI is InChI=1S/C21H22N4O2/c1-15(2)27-20-6-4-3-5-18(20)25-17-9-12-23-19(13-17)21(26)24-14-16-7-10-22-11-8-16/h3-13,15H,14H2,1-2H3,(H,23,25)(H,24,26). The number of nitrogens with zero attached hydrogens (tertiary/aromatic N) is 2. The molecular weight excluding hydrogens is 340 g/mol. The lowest BCUT2D eigenvalue weighted by Crippen LogP contribution is -2.23. The minimum Gasteiger partial charge on any atom is -0.489 e. The van der Waals surface area contributed by atoms with Crippen LogP contribution >= 0.6 is 0 Å². The fourth-order valence-corrected chi connectivity index (χ4v) is 2.49. The average Bonchev–Trinajstić information content (AvgIpc) is 2.68. The van der Waals surface area contributed by atoms with E-state index >= 15 is 0 Å². The van der Waals surface area contributed by atoms with Gasteiger partial charge in [-0.1, -0.05) is 12.1 Å². The van der Waals surface area contributed by atoms with Gasteiger partial charge in [-0.25, -0.2) is 0 Å². The van der Waals surface area contributed by atoms with Crippen LogP contribution in [0.15, 0.2) is 67.1 Å². The second-order valence-electron chi connectivity index (χ2n) is 6.26. The fourth-order valence-electron chi connectivity index (χ4n) is 2.49. The van der Waals surface area contributed by atoms with Crippen LogP contribution in [-0.2, 0) is 6.54 Å². The summed E-state index contributed by atoms with van der Waals surface area (Å²) in [6.45, 7) is 4.38. The van der Waals surface area contributed by atoms with Gasteiger partial charge in [0.05, 0.1) is 11.8 Å². The Kier molecular flexibility index (Phi) is 5.99. The van der Waals surface area contributed by atoms with E-state index in [1.54, 1.807) is 24.7 Å². The van der Waals surface area contributed by atoms with Crippen molar-refractivity contribution in [2.24, 2.45) is 0 Å². The molecule has 0 aliphatic carbocycles. The molecule has 3 aromatic rings. The first-order valence-corrected chi connectivity index (χ1v) is 8.77. The summed E-state index contributed by atoms with van der Waals surface area (Å²) in [5, 5.41) is 6.16. The lowest BCUT2D eigenvalue weighted by atomic mass is 10.2. The molecule has 0 spiro atoms. The maximum absolute atomic E-state index is 12.4. The molecule has 1 amide bonds. The summed E-state index contributed by atoms with van der Waals surface area (Å²) >= 11 is 0. The van der Waals surface area contributed by atoms with E-state index in [0.717, 1.165) is 22.7 Å². The Hall–Kier alpha value is -3.41. The molecule has 0 bridgehead atoms. The zero-order chi connectivity index (χ0) is 19.1. The van der Waals surface area contributed by atoms with Gasteiger partial charge in [-0.2, -0.15) is 0 Å². The number of rotatable bonds is 7. The van der Waals surface area contributed by atoms with Crippen molar-refractivity contribution in [1.82, 2.24) is 15.3 Å². The molecular formula is C21H22N4O2. The Morgan fingerprint density at radius 1 is 1.07 bits per heavy atom. The van der Waals surface area contributed by atoms with E-state index in [1.807, 2.05) is 56.3 Å². The van der Waals surface area contributed by atoms with Gasteiger partial charge in [0.15, 0.2) is 0 Å². The van der Waals surface area contributed by atoms with Crippen molar-refractivity contribution in [2.75, 3.05) is 5.32 Å². The minimum absolute atomic E-state index is 0.0694. The Balaban J connectivity index is 1.69. The molecule has 2 N–H and O–H groups in total. The van der Waals surface area contributed by atoms with Crippen molar-refractivity contribution in [1.29, 1.82) is 0 Å². The molecule has 0 unspecified atom stereocenters. The van der Waals surface area contributed by atoms with Crippen molar-refractivity contribution in [3.05, 3.63) is 78.4 Å². The number of hydrogen-bond acceptors (Lipinski definition) is 5. The zero-order valence-corrected chi connectivity index (χ0v) is 15.3. The third-order valence-corrected chi connectivity index (χ3v) is 3.72. The van der Waals surface area contributed by atoms with E-state index in [4.69, 9.17) is 4.74 Å². The number of nitrogens with one attached hydrogen (secondary N) is 2. The summed E-state index contributed by atoms with van der Waals surface area (Å²) in [6.07, 6.45) is 5.07. The van der Waals surface area contributed by atoms with Crippen molar-refractivity contribution >= 4 is 17.3 Å². The lowest BCUT2D eigenvalue weighted by molar-refractivity contribution is 0.0946. The topological polar surface area (TPSA) is 76.1 Å². The van der Waals surface area contributed by atoms with Crippen LogP contribution in [0.25, 0.3) is 0 Å². The predicted molar refractivity (Wildman–Crippen MR) is 105 cm³/mol. The van der Waals surface area contributed by atoms with Gasteiger partial charge in [0.1, 0.15) is 11.4 Å². The third-order valence-electron chi connectivity index (χ3n) is 3.72. The van der Waals surface area contributed by atoms with Gasteiger partial charge >= 0.3 is 0 Å². The molecule has 0 saturated carbocycles. The summed E-state index contributed by atoms with van der Waals surface area (Å²) in [5.41, 5.74) is 2.92. The van der Waals surface area contributed by atoms with Crippen LogP contribution in [-0.4, -0.2) is 22.0 Å². The molecule has 3 rings (SSSR count). The molecule has 2 heterocycles. The molecule has 27 heavy (non-hydrogen) atoms. The average molecular weight is 362 g/mol. The second-order valence-corrected chi connectivity index (χ2v) is 6.26. The molecule has 6 nitrogen and oxygen atoms in total. The number of pyridine rings is 2. The maximum Gasteiger partial charge on any atom is 0.270 e. The van der Waals surface area contributed by atoms with Crippen LogP contribution < -0.4 is 15.4 Å². The van der Waals surface area contributed by atoms with Gasteiger partial charge in [0, 0.05) is 30.8 Å². The highest BCUT2D eigenvalue weighted by molar-refractivity contribution is 5.93. The quantitative estimate of drug-likeness (QED) is 0.666. The SMILES string of the molecule is CC(C)Oc1ccccc1Nc1ccnc(C(=O)NCc2ccncc2)c1. The Labute approximate surface area is 158 Å². The predicted octanol–water partition coefficient (Wildman–Crippen LogP) is 3.94. The lowest BCUT2D eigenvalue weighted by Gasteiger charge is -2.15. The monoisotopic (exact) mass is 362 g/mol. The van der Waals surface area contributed by atoms with Crippen molar-refractivity contribution in [3.63, 3.8) is 0 Å². The molecule has 1 aromatic carbocycles. The van der Waals surface area contributed by atoms with Crippen LogP contribution in [0.1, 0.15) is 29.9 Å². The number of ether oxygens (including phenoxy) is 1. The molecule has 0 radical (unpaired) electrons. The van der Waals surface area contributed by atoms with Gasteiger partial charge in [-0.3, -0.25) is 14.8 Å². The first kappa shape index (κ1) is 18.4. The second kappa shape index (κ2) is 8.80. The van der Waals surface area contributed by atoms with Crippen LogP contribution in [0.3, 0.4) is 0 Å². The first-order chi connectivity index (χ1) is 13.1. The van der Waals surface area contributed by atoms with Crippen LogP contribution in [0.5, 0.6) is 5.75 Å². The maximum atomic E-state index is 12.4. The zero-order valence-electron chi connectivity index (χ0n) is 15.3. The number of anilines is 2. The summed E-state index contributed by atoms with van der Waals surface area (Å²) in [6, 6.07) is 14.9. The summed E-state index contributed by atoms with van der Waals surface area (Å²) < 4.78 is 5.82. The van der Waals surface area contributed by atoms with Gasteiger partial charge in [0.2, 0.25) is 0 Å². The van der Waals surface area contributed by atoms with Crippen molar-refractivity contribution < 1.29 is 9.53 Å². The summed E-state index contributed by atoms with van der Waals surface area (Å²) in [7, 11) is 0. The first-order valence-electron chi connectivity index (χ1n) is 8.77. The van der Waals surface area contributed by atoms with Gasteiger partial charge in [-0.05, 0) is 55.8 Å². The number of carbonyl (C=O) groups excluding carboxylic acids is 1. The largest absolute Gasteiger partial charge is 0.489 e. The normalized spacial score (nSPS) is 10.5. The number of para-hydroxylation sites is 2. The Morgan fingerprint density at radius 2 is 1.85 bits per heavy atom. The molecule has 0 aliphatic heterocycles. The highest BCUT2D eigenvalue weighted by Gasteiger charge is 2.10. The molecule has 0 atom stereocenters. The number of carbonyl (C=O) groups is 1. The highest BCUT2D eigenvalue weighted by Crippen LogP contribution is 2.28. The molecule has 0 fully saturated rings. The van der Waals surface area contributed by atoms with Crippen LogP contribution in [0.2, 0.25) is 0 Å².